The number of benzene rings is 1. The van der Waals surface area contributed by atoms with E-state index < -0.39 is 27.7 Å². The Balaban J connectivity index is 1.28. The lowest BCUT2D eigenvalue weighted by molar-refractivity contribution is -0.153. The highest BCUT2D eigenvalue weighted by atomic mass is 32.2. The highest BCUT2D eigenvalue weighted by molar-refractivity contribution is 7.91. The maximum Gasteiger partial charge on any atom is 0.312 e. The third-order valence-electron chi connectivity index (χ3n) is 5.76. The summed E-state index contributed by atoms with van der Waals surface area (Å²) in [6.07, 6.45) is 0.390. The fourth-order valence-electron chi connectivity index (χ4n) is 3.94. The summed E-state index contributed by atoms with van der Waals surface area (Å²) in [5, 5.41) is 0. The fraction of sp³-hybridized carbons (Fsp3) is 0.579. The van der Waals surface area contributed by atoms with E-state index in [0.717, 1.165) is 23.6 Å². The number of hydrogen-bond acceptors (Lipinski definition) is 7. The molecule has 1 atom stereocenters. The number of sulfone groups is 1. The maximum atomic E-state index is 12.6. The molecule has 158 valence electrons. The van der Waals surface area contributed by atoms with Gasteiger partial charge in [0, 0.05) is 45.8 Å². The molecule has 1 aromatic carbocycles. The number of rotatable bonds is 3. The molecule has 0 bridgehead atoms. The molecule has 10 heteroatoms. The van der Waals surface area contributed by atoms with E-state index in [0.29, 0.717) is 32.6 Å². The minimum absolute atomic E-state index is 0.0637. The van der Waals surface area contributed by atoms with Crippen molar-refractivity contribution < 1.29 is 27.5 Å². The van der Waals surface area contributed by atoms with Crippen LogP contribution in [0.5, 0.6) is 11.5 Å². The third-order valence-corrected chi connectivity index (χ3v) is 7.51. The van der Waals surface area contributed by atoms with Crippen molar-refractivity contribution in [2.75, 3.05) is 51.5 Å². The first-order valence-electron chi connectivity index (χ1n) is 9.70. The molecule has 3 aliphatic rings. The molecule has 0 spiro atoms. The van der Waals surface area contributed by atoms with Crippen LogP contribution in [0.25, 0.3) is 0 Å². The van der Waals surface area contributed by atoms with Gasteiger partial charge in [0.1, 0.15) is 0 Å². The molecule has 29 heavy (non-hydrogen) atoms. The van der Waals surface area contributed by atoms with Crippen LogP contribution < -0.4 is 9.47 Å². The van der Waals surface area contributed by atoms with Crippen molar-refractivity contribution in [2.24, 2.45) is 0 Å². The van der Waals surface area contributed by atoms with Gasteiger partial charge < -0.3 is 19.3 Å². The zero-order valence-electron chi connectivity index (χ0n) is 16.4. The van der Waals surface area contributed by atoms with Crippen molar-refractivity contribution in [1.82, 2.24) is 14.7 Å². The molecule has 3 aliphatic heterocycles. The van der Waals surface area contributed by atoms with Crippen LogP contribution in [0.15, 0.2) is 18.2 Å². The molecule has 2 amide bonds. The molecule has 9 nitrogen and oxygen atoms in total. The molecule has 1 aromatic rings. The Bertz CT molecular complexity index is 911. The Labute approximate surface area is 170 Å². The molecule has 0 aliphatic carbocycles. The van der Waals surface area contributed by atoms with Gasteiger partial charge in [0.2, 0.25) is 6.79 Å². The minimum atomic E-state index is -3.11. The van der Waals surface area contributed by atoms with Gasteiger partial charge in [-0.2, -0.15) is 0 Å². The Hall–Kier alpha value is -2.33. The Morgan fingerprint density at radius 2 is 1.86 bits per heavy atom. The first-order chi connectivity index (χ1) is 13.8. The first kappa shape index (κ1) is 20.0. The van der Waals surface area contributed by atoms with Crippen molar-refractivity contribution >= 4 is 21.7 Å². The number of carbonyl (C=O) groups is 2. The molecule has 1 unspecified atom stereocenters. The summed E-state index contributed by atoms with van der Waals surface area (Å²) in [5.41, 5.74) is 1.10. The third kappa shape index (κ3) is 4.32. The van der Waals surface area contributed by atoms with Gasteiger partial charge in [-0.05, 0) is 24.1 Å². The van der Waals surface area contributed by atoms with Gasteiger partial charge in [0.25, 0.3) is 0 Å². The van der Waals surface area contributed by atoms with Crippen LogP contribution >= 0.6 is 0 Å². The zero-order valence-corrected chi connectivity index (χ0v) is 17.2. The van der Waals surface area contributed by atoms with Crippen LogP contribution in [0, 0.1) is 0 Å². The van der Waals surface area contributed by atoms with E-state index >= 15 is 0 Å². The monoisotopic (exact) mass is 423 g/mol. The summed E-state index contributed by atoms with van der Waals surface area (Å²) in [6.45, 7) is 3.23. The van der Waals surface area contributed by atoms with Gasteiger partial charge in [0.05, 0.1) is 11.5 Å². The van der Waals surface area contributed by atoms with Crippen LogP contribution in [-0.2, 0) is 26.0 Å². The smallest absolute Gasteiger partial charge is 0.312 e. The second-order valence-corrected chi connectivity index (χ2v) is 9.96. The van der Waals surface area contributed by atoms with E-state index in [4.69, 9.17) is 9.47 Å². The van der Waals surface area contributed by atoms with Gasteiger partial charge >= 0.3 is 11.8 Å². The topological polar surface area (TPSA) is 96.5 Å². The summed E-state index contributed by atoms with van der Waals surface area (Å²) in [6, 6.07) is 5.45. The van der Waals surface area contributed by atoms with E-state index in [1.807, 2.05) is 18.2 Å². The number of nitrogens with zero attached hydrogens (tertiary/aromatic N) is 3. The number of ether oxygens (including phenoxy) is 2. The van der Waals surface area contributed by atoms with Crippen LogP contribution in [0.2, 0.25) is 0 Å². The Morgan fingerprint density at radius 3 is 2.55 bits per heavy atom. The summed E-state index contributed by atoms with van der Waals surface area (Å²) in [7, 11) is -1.59. The first-order valence-corrected chi connectivity index (χ1v) is 11.5. The number of amides is 2. The van der Waals surface area contributed by atoms with E-state index in [9.17, 15) is 18.0 Å². The van der Waals surface area contributed by atoms with Gasteiger partial charge in [-0.15, -0.1) is 0 Å². The average molecular weight is 423 g/mol. The summed E-state index contributed by atoms with van der Waals surface area (Å²) >= 11 is 0. The Kier molecular flexibility index (Phi) is 5.39. The predicted octanol–water partition coefficient (Wildman–Crippen LogP) is -0.295. The van der Waals surface area contributed by atoms with Gasteiger partial charge in [-0.25, -0.2) is 8.42 Å². The van der Waals surface area contributed by atoms with E-state index in [1.54, 1.807) is 4.90 Å². The van der Waals surface area contributed by atoms with Gasteiger partial charge in [-0.1, -0.05) is 6.07 Å². The Morgan fingerprint density at radius 1 is 1.14 bits per heavy atom. The lowest BCUT2D eigenvalue weighted by atomic mass is 10.1. The second-order valence-electron chi connectivity index (χ2n) is 7.73. The molecule has 2 fully saturated rings. The number of likely N-dealkylation sites (N-methyl/N-ethyl adjacent to an activating group) is 1. The summed E-state index contributed by atoms with van der Waals surface area (Å²) in [4.78, 5) is 30.2. The van der Waals surface area contributed by atoms with Crippen molar-refractivity contribution in [3.63, 3.8) is 0 Å². The predicted molar refractivity (Wildman–Crippen MR) is 104 cm³/mol. The quantitative estimate of drug-likeness (QED) is 0.616. The van der Waals surface area contributed by atoms with Crippen molar-refractivity contribution in [2.45, 2.75) is 19.0 Å². The van der Waals surface area contributed by atoms with Gasteiger partial charge in [0.15, 0.2) is 21.3 Å². The molecule has 2 saturated heterocycles. The largest absolute Gasteiger partial charge is 0.454 e. The average Bonchev–Trinajstić information content (AvgIpc) is 3.32. The van der Waals surface area contributed by atoms with E-state index in [-0.39, 0.29) is 18.3 Å². The molecule has 0 radical (unpaired) electrons. The molecule has 0 aromatic heterocycles. The summed E-state index contributed by atoms with van der Waals surface area (Å²) < 4.78 is 34.0. The van der Waals surface area contributed by atoms with Crippen LogP contribution in [0.4, 0.5) is 0 Å². The standard InChI is InChI=1S/C19H25N3O6S/c1-20(15-4-9-29(25,26)12-15)18(23)19(24)22-7-5-21(6-8-22)11-14-2-3-16-17(10-14)28-13-27-16/h2-3,10,15H,4-9,11-13H2,1H3. The number of hydrogen-bond donors (Lipinski definition) is 0. The number of fused-ring (bicyclic) bond motifs is 1. The highest BCUT2D eigenvalue weighted by Crippen LogP contribution is 2.32. The number of piperazine rings is 1. The summed E-state index contributed by atoms with van der Waals surface area (Å²) in [5.74, 6) is 0.324. The van der Waals surface area contributed by atoms with Crippen LogP contribution in [-0.4, -0.2) is 92.5 Å². The second kappa shape index (κ2) is 7.83. The van der Waals surface area contributed by atoms with Crippen molar-refractivity contribution in [3.8, 4) is 11.5 Å². The zero-order chi connectivity index (χ0) is 20.6. The molecular formula is C19H25N3O6S. The molecule has 4 rings (SSSR count). The van der Waals surface area contributed by atoms with Gasteiger partial charge in [-0.3, -0.25) is 14.5 Å². The lowest BCUT2D eigenvalue weighted by Gasteiger charge is -2.35. The number of carbonyl (C=O) groups excluding carboxylic acids is 2. The van der Waals surface area contributed by atoms with E-state index in [1.165, 1.54) is 11.9 Å². The lowest BCUT2D eigenvalue weighted by Crippen LogP contribution is -2.53. The van der Waals surface area contributed by atoms with Crippen LogP contribution in [0.1, 0.15) is 12.0 Å². The highest BCUT2D eigenvalue weighted by Gasteiger charge is 2.36. The molecular weight excluding hydrogens is 398 g/mol. The minimum Gasteiger partial charge on any atom is -0.454 e. The van der Waals surface area contributed by atoms with Crippen LogP contribution in [0.3, 0.4) is 0 Å². The van der Waals surface area contributed by atoms with Crippen molar-refractivity contribution in [1.29, 1.82) is 0 Å². The maximum absolute atomic E-state index is 12.6. The fourth-order valence-corrected chi connectivity index (χ4v) is 5.71. The normalized spacial score (nSPS) is 23.2. The van der Waals surface area contributed by atoms with Crippen molar-refractivity contribution in [3.05, 3.63) is 23.8 Å². The SMILES string of the molecule is CN(C(=O)C(=O)N1CCN(Cc2ccc3c(c2)OCO3)CC1)C1CCS(=O)(=O)C1. The molecule has 0 N–H and O–H groups in total. The molecule has 3 heterocycles. The molecule has 0 saturated carbocycles. The van der Waals surface area contributed by atoms with E-state index in [2.05, 4.69) is 4.90 Å².